The lowest BCUT2D eigenvalue weighted by Crippen LogP contribution is -2.36. The number of Topliss-reactive ketones (excluding diaryl/α,β-unsaturated/α-hetero) is 1. The number of carbonyl (C=O) groups is 2. The van der Waals surface area contributed by atoms with E-state index in [0.717, 1.165) is 45.7 Å². The van der Waals surface area contributed by atoms with Crippen LogP contribution in [0.25, 0.3) is 0 Å². The summed E-state index contributed by atoms with van der Waals surface area (Å²) in [5.74, 6) is -0.213. The third kappa shape index (κ3) is 5.70. The van der Waals surface area contributed by atoms with E-state index in [1.54, 1.807) is 30.5 Å². The highest BCUT2D eigenvalue weighted by Gasteiger charge is 2.15. The number of nitrogens with zero attached hydrogens (tertiary/aromatic N) is 2. The fraction of sp³-hybridized carbons (Fsp3) is 0.381. The van der Waals surface area contributed by atoms with Crippen LogP contribution in [0.3, 0.4) is 0 Å². The van der Waals surface area contributed by atoms with Gasteiger partial charge in [-0.2, -0.15) is 0 Å². The van der Waals surface area contributed by atoms with Crippen LogP contribution in [0.5, 0.6) is 0 Å². The number of morpholine rings is 1. The summed E-state index contributed by atoms with van der Waals surface area (Å²) < 4.78 is 5.34. The van der Waals surface area contributed by atoms with Crippen LogP contribution < -0.4 is 5.32 Å². The number of unbranched alkanes of at least 4 members (excludes halogenated alkanes) is 1. The predicted molar refractivity (Wildman–Crippen MR) is 104 cm³/mol. The molecule has 1 aromatic heterocycles. The molecule has 1 aromatic carbocycles. The predicted octanol–water partition coefficient (Wildman–Crippen LogP) is 3.02. The third-order valence-electron chi connectivity index (χ3n) is 4.63. The van der Waals surface area contributed by atoms with Gasteiger partial charge in [-0.05, 0) is 43.7 Å². The fourth-order valence-electron chi connectivity index (χ4n) is 3.11. The Hall–Kier alpha value is -2.57. The SMILES string of the molecule is O=C(Nc1ccccc1C(=O)CCCCN1CCOCC1)c1cccnc1. The molecule has 0 saturated carbocycles. The van der Waals surface area contributed by atoms with Gasteiger partial charge >= 0.3 is 0 Å². The molecule has 0 unspecified atom stereocenters. The molecule has 142 valence electrons. The van der Waals surface area contributed by atoms with Crippen molar-refractivity contribution in [3.8, 4) is 0 Å². The summed E-state index contributed by atoms with van der Waals surface area (Å²) in [7, 11) is 0. The number of nitrogens with one attached hydrogen (secondary N) is 1. The van der Waals surface area contributed by atoms with Crippen molar-refractivity contribution < 1.29 is 14.3 Å². The largest absolute Gasteiger partial charge is 0.379 e. The number of anilines is 1. The lowest BCUT2D eigenvalue weighted by Gasteiger charge is -2.26. The van der Waals surface area contributed by atoms with E-state index in [-0.39, 0.29) is 11.7 Å². The standard InChI is InChI=1S/C21H25N3O3/c25-20(9-3-4-11-24-12-14-27-15-13-24)18-7-1-2-8-19(18)23-21(26)17-6-5-10-22-16-17/h1-2,5-8,10,16H,3-4,9,11-15H2,(H,23,26). The first-order valence-electron chi connectivity index (χ1n) is 9.38. The quantitative estimate of drug-likeness (QED) is 0.574. The number of carbonyl (C=O) groups excluding carboxylic acids is 2. The summed E-state index contributed by atoms with van der Waals surface area (Å²) in [6, 6.07) is 10.6. The smallest absolute Gasteiger partial charge is 0.257 e. The zero-order valence-electron chi connectivity index (χ0n) is 15.4. The van der Waals surface area contributed by atoms with Crippen molar-refractivity contribution in [1.29, 1.82) is 0 Å². The van der Waals surface area contributed by atoms with Gasteiger partial charge < -0.3 is 10.1 Å². The van der Waals surface area contributed by atoms with Crippen molar-refractivity contribution in [3.05, 3.63) is 59.9 Å². The van der Waals surface area contributed by atoms with Crippen LogP contribution in [0.15, 0.2) is 48.8 Å². The Morgan fingerprint density at radius 3 is 2.67 bits per heavy atom. The first-order chi connectivity index (χ1) is 13.2. The molecule has 0 aliphatic carbocycles. The van der Waals surface area contributed by atoms with Gasteiger partial charge in [0.05, 0.1) is 24.5 Å². The fourth-order valence-corrected chi connectivity index (χ4v) is 3.11. The molecule has 1 N–H and O–H groups in total. The summed E-state index contributed by atoms with van der Waals surface area (Å²) in [6.07, 6.45) is 5.41. The highest BCUT2D eigenvalue weighted by molar-refractivity contribution is 6.09. The Balaban J connectivity index is 1.53. The maximum absolute atomic E-state index is 12.6. The molecule has 1 aliphatic rings. The van der Waals surface area contributed by atoms with Gasteiger partial charge in [-0.15, -0.1) is 0 Å². The number of hydrogen-bond acceptors (Lipinski definition) is 5. The number of aromatic nitrogens is 1. The van der Waals surface area contributed by atoms with Crippen molar-refractivity contribution in [1.82, 2.24) is 9.88 Å². The van der Waals surface area contributed by atoms with Gasteiger partial charge in [0.1, 0.15) is 0 Å². The topological polar surface area (TPSA) is 71.5 Å². The number of rotatable bonds is 8. The van der Waals surface area contributed by atoms with Gasteiger partial charge in [0.15, 0.2) is 5.78 Å². The lowest BCUT2D eigenvalue weighted by molar-refractivity contribution is 0.0371. The average Bonchev–Trinajstić information content (AvgIpc) is 2.73. The molecule has 0 radical (unpaired) electrons. The number of pyridine rings is 1. The monoisotopic (exact) mass is 367 g/mol. The van der Waals surface area contributed by atoms with E-state index in [9.17, 15) is 9.59 Å². The molecule has 1 saturated heterocycles. The van der Waals surface area contributed by atoms with Crippen LogP contribution in [-0.2, 0) is 4.74 Å². The van der Waals surface area contributed by atoms with E-state index in [2.05, 4.69) is 15.2 Å². The molecule has 3 rings (SSSR count). The highest BCUT2D eigenvalue weighted by Crippen LogP contribution is 2.19. The van der Waals surface area contributed by atoms with Gasteiger partial charge in [0.25, 0.3) is 5.91 Å². The zero-order valence-corrected chi connectivity index (χ0v) is 15.4. The Bertz CT molecular complexity index is 758. The molecule has 6 nitrogen and oxygen atoms in total. The molecule has 0 spiro atoms. The molecule has 6 heteroatoms. The number of benzene rings is 1. The summed E-state index contributed by atoms with van der Waals surface area (Å²) in [5.41, 5.74) is 1.57. The van der Waals surface area contributed by atoms with E-state index in [0.29, 0.717) is 23.2 Å². The van der Waals surface area contributed by atoms with Crippen LogP contribution >= 0.6 is 0 Å². The van der Waals surface area contributed by atoms with E-state index >= 15 is 0 Å². The molecule has 1 fully saturated rings. The summed E-state index contributed by atoms with van der Waals surface area (Å²) in [4.78, 5) is 31.3. The maximum atomic E-state index is 12.6. The van der Waals surface area contributed by atoms with Gasteiger partial charge in [0.2, 0.25) is 0 Å². The van der Waals surface area contributed by atoms with Crippen molar-refractivity contribution in [3.63, 3.8) is 0 Å². The van der Waals surface area contributed by atoms with Crippen LogP contribution in [0.1, 0.15) is 40.0 Å². The number of para-hydroxylation sites is 1. The molecular formula is C21H25N3O3. The Labute approximate surface area is 159 Å². The van der Waals surface area contributed by atoms with Crippen LogP contribution in [0.4, 0.5) is 5.69 Å². The van der Waals surface area contributed by atoms with Crippen LogP contribution in [0.2, 0.25) is 0 Å². The second-order valence-electron chi connectivity index (χ2n) is 6.58. The minimum Gasteiger partial charge on any atom is -0.379 e. The van der Waals surface area contributed by atoms with Gasteiger partial charge in [-0.1, -0.05) is 12.1 Å². The minimum atomic E-state index is -0.268. The molecule has 2 heterocycles. The number of hydrogen-bond donors (Lipinski definition) is 1. The van der Waals surface area contributed by atoms with E-state index in [4.69, 9.17) is 4.74 Å². The molecule has 0 atom stereocenters. The highest BCUT2D eigenvalue weighted by atomic mass is 16.5. The Kier molecular flexibility index (Phi) is 7.07. The van der Waals surface area contributed by atoms with Crippen LogP contribution in [-0.4, -0.2) is 54.4 Å². The molecule has 27 heavy (non-hydrogen) atoms. The second-order valence-corrected chi connectivity index (χ2v) is 6.58. The summed E-state index contributed by atoms with van der Waals surface area (Å²) >= 11 is 0. The number of ketones is 1. The first-order valence-corrected chi connectivity index (χ1v) is 9.38. The van der Waals surface area contributed by atoms with Crippen molar-refractivity contribution in [2.75, 3.05) is 38.2 Å². The maximum Gasteiger partial charge on any atom is 0.257 e. The molecule has 2 aromatic rings. The third-order valence-corrected chi connectivity index (χ3v) is 4.63. The van der Waals surface area contributed by atoms with Crippen molar-refractivity contribution >= 4 is 17.4 Å². The normalized spacial score (nSPS) is 14.7. The van der Waals surface area contributed by atoms with Gasteiger partial charge in [-0.25, -0.2) is 0 Å². The first kappa shape index (κ1) is 19.2. The summed E-state index contributed by atoms with van der Waals surface area (Å²) in [5, 5.41) is 2.83. The van der Waals surface area contributed by atoms with E-state index in [1.165, 1.54) is 6.20 Å². The average molecular weight is 367 g/mol. The Morgan fingerprint density at radius 2 is 1.89 bits per heavy atom. The molecule has 1 amide bonds. The van der Waals surface area contributed by atoms with Crippen molar-refractivity contribution in [2.45, 2.75) is 19.3 Å². The number of ether oxygens (including phenoxy) is 1. The van der Waals surface area contributed by atoms with Crippen molar-refractivity contribution in [2.24, 2.45) is 0 Å². The number of amides is 1. The summed E-state index contributed by atoms with van der Waals surface area (Å²) in [6.45, 7) is 4.52. The Morgan fingerprint density at radius 1 is 1.07 bits per heavy atom. The zero-order chi connectivity index (χ0) is 18.9. The second kappa shape index (κ2) is 9.94. The molecule has 1 aliphatic heterocycles. The molecular weight excluding hydrogens is 342 g/mol. The lowest BCUT2D eigenvalue weighted by atomic mass is 10.0. The minimum absolute atomic E-state index is 0.0547. The van der Waals surface area contributed by atoms with Crippen LogP contribution in [0, 0.1) is 0 Å². The van der Waals surface area contributed by atoms with E-state index in [1.807, 2.05) is 12.1 Å². The van der Waals surface area contributed by atoms with Gasteiger partial charge in [0, 0.05) is 37.5 Å². The molecule has 0 bridgehead atoms. The van der Waals surface area contributed by atoms with Gasteiger partial charge in [-0.3, -0.25) is 19.5 Å². The van der Waals surface area contributed by atoms with E-state index < -0.39 is 0 Å².